The monoisotopic (exact) mass is 549 g/mol. The fourth-order valence-corrected chi connectivity index (χ4v) is 3.50. The average molecular weight is 550 g/mol. The number of anilines is 1. The number of guanidine groups is 1. The molecule has 0 saturated heterocycles. The molecule has 0 saturated carbocycles. The van der Waals surface area contributed by atoms with E-state index in [0.29, 0.717) is 42.5 Å². The summed E-state index contributed by atoms with van der Waals surface area (Å²) in [6.45, 7) is 3.72. The topological polar surface area (TPSA) is 204 Å². The fourth-order valence-electron chi connectivity index (χ4n) is 3.50. The second-order valence-corrected chi connectivity index (χ2v) is 7.91. The summed E-state index contributed by atoms with van der Waals surface area (Å²) in [6, 6.07) is 9.85. The highest BCUT2D eigenvalue weighted by Crippen LogP contribution is 2.36. The van der Waals surface area contributed by atoms with Gasteiger partial charge in [0, 0.05) is 18.7 Å². The zero-order valence-corrected chi connectivity index (χ0v) is 20.7. The molecule has 3 heterocycles. The van der Waals surface area contributed by atoms with Crippen molar-refractivity contribution in [1.29, 1.82) is 5.41 Å². The van der Waals surface area contributed by atoms with Crippen molar-refractivity contribution in [2.45, 2.75) is 32.5 Å². The molecule has 0 aliphatic carbocycles. The molecule has 16 heteroatoms. The van der Waals surface area contributed by atoms with Gasteiger partial charge in [0.15, 0.2) is 29.0 Å². The van der Waals surface area contributed by atoms with Gasteiger partial charge in [0.1, 0.15) is 11.0 Å². The number of carboxylic acid groups (broad SMARTS) is 1. The van der Waals surface area contributed by atoms with Gasteiger partial charge in [-0.25, -0.2) is 19.4 Å². The van der Waals surface area contributed by atoms with Gasteiger partial charge >= 0.3 is 12.1 Å². The second-order valence-electron chi connectivity index (χ2n) is 7.91. The van der Waals surface area contributed by atoms with Crippen molar-refractivity contribution >= 4 is 28.8 Å². The zero-order chi connectivity index (χ0) is 28.6. The summed E-state index contributed by atoms with van der Waals surface area (Å²) in [7, 11) is 0. The molecular weight excluding hydrogens is 523 g/mol. The fraction of sp³-hybridized carbons (Fsp3) is 0.304. The van der Waals surface area contributed by atoms with Gasteiger partial charge in [0.25, 0.3) is 0 Å². The van der Waals surface area contributed by atoms with E-state index in [1.807, 2.05) is 41.8 Å². The minimum atomic E-state index is -5.08. The molecule has 0 aliphatic rings. The molecular formula is C23H26F3N9O4. The number of hydrogen-bond donors (Lipinski definition) is 5. The van der Waals surface area contributed by atoms with Gasteiger partial charge in [0.05, 0.1) is 18.5 Å². The third-order valence-electron chi connectivity index (χ3n) is 5.21. The number of nitrogens with two attached hydrogens (primary N) is 2. The normalized spacial score (nSPS) is 11.1. The van der Waals surface area contributed by atoms with Gasteiger partial charge in [-0.05, 0) is 30.1 Å². The first-order valence-electron chi connectivity index (χ1n) is 11.6. The maximum Gasteiger partial charge on any atom is 0.490 e. The minimum absolute atomic E-state index is 0.0330. The van der Waals surface area contributed by atoms with E-state index < -0.39 is 12.1 Å². The lowest BCUT2D eigenvalue weighted by molar-refractivity contribution is -0.192. The molecule has 3 aromatic heterocycles. The first-order chi connectivity index (χ1) is 18.5. The highest BCUT2D eigenvalue weighted by atomic mass is 19.4. The molecule has 13 nitrogen and oxygen atoms in total. The van der Waals surface area contributed by atoms with E-state index in [-0.39, 0.29) is 11.8 Å². The number of carboxylic acids is 1. The average Bonchev–Trinajstić information content (AvgIpc) is 3.49. The van der Waals surface area contributed by atoms with Gasteiger partial charge in [-0.1, -0.05) is 30.3 Å². The van der Waals surface area contributed by atoms with Crippen LogP contribution < -0.4 is 21.5 Å². The Morgan fingerprint density at radius 1 is 1.21 bits per heavy atom. The summed E-state index contributed by atoms with van der Waals surface area (Å²) in [5, 5.41) is 24.8. The molecule has 208 valence electrons. The number of benzene rings is 1. The van der Waals surface area contributed by atoms with Crippen LogP contribution in [0.3, 0.4) is 0 Å². The lowest BCUT2D eigenvalue weighted by Gasteiger charge is -2.12. The molecule has 0 spiro atoms. The van der Waals surface area contributed by atoms with Crippen molar-refractivity contribution in [2.24, 2.45) is 5.73 Å². The second kappa shape index (κ2) is 12.6. The van der Waals surface area contributed by atoms with Crippen LogP contribution in [0.1, 0.15) is 19.8 Å². The van der Waals surface area contributed by atoms with Crippen LogP contribution in [0, 0.1) is 5.41 Å². The van der Waals surface area contributed by atoms with E-state index >= 15 is 0 Å². The number of ether oxygens (including phenoxy) is 1. The van der Waals surface area contributed by atoms with Gasteiger partial charge in [0.2, 0.25) is 0 Å². The first-order valence-corrected chi connectivity index (χ1v) is 11.6. The molecule has 39 heavy (non-hydrogen) atoms. The number of unbranched alkanes of at least 4 members (excludes halogenated alkanes) is 1. The number of carbonyl (C=O) groups is 1. The number of alkyl halides is 3. The first kappa shape index (κ1) is 28.7. The van der Waals surface area contributed by atoms with E-state index in [9.17, 15) is 13.2 Å². The Balaban J connectivity index is 0.000000532. The number of nitrogen functional groups attached to an aromatic ring is 1. The van der Waals surface area contributed by atoms with Crippen molar-refractivity contribution in [1.82, 2.24) is 30.2 Å². The van der Waals surface area contributed by atoms with Crippen LogP contribution >= 0.6 is 0 Å². The van der Waals surface area contributed by atoms with E-state index in [4.69, 9.17) is 41.1 Å². The molecule has 0 radical (unpaired) electrons. The number of hydrogen-bond acceptors (Lipinski definition) is 9. The molecule has 0 fully saturated rings. The van der Waals surface area contributed by atoms with Crippen molar-refractivity contribution in [3.63, 3.8) is 0 Å². The largest absolute Gasteiger partial charge is 0.490 e. The lowest BCUT2D eigenvalue weighted by Crippen LogP contribution is -2.31. The molecule has 0 atom stereocenters. The molecule has 0 bridgehead atoms. The number of aromatic nitrogens is 5. The van der Waals surface area contributed by atoms with Gasteiger partial charge in [-0.2, -0.15) is 13.2 Å². The maximum atomic E-state index is 10.6. The van der Waals surface area contributed by atoms with Gasteiger partial charge in [-0.15, -0.1) is 0 Å². The van der Waals surface area contributed by atoms with Crippen molar-refractivity contribution in [3.05, 3.63) is 36.5 Å². The summed E-state index contributed by atoms with van der Waals surface area (Å²) in [6.07, 6.45) is -1.76. The van der Waals surface area contributed by atoms with Crippen LogP contribution in [0.4, 0.5) is 19.0 Å². The number of nitrogens with one attached hydrogen (secondary N) is 2. The highest BCUT2D eigenvalue weighted by Gasteiger charge is 2.38. The van der Waals surface area contributed by atoms with E-state index in [1.54, 1.807) is 6.20 Å². The third-order valence-corrected chi connectivity index (χ3v) is 5.21. The van der Waals surface area contributed by atoms with Crippen molar-refractivity contribution in [3.8, 4) is 28.5 Å². The Hall–Kier alpha value is -4.89. The Morgan fingerprint density at radius 2 is 1.90 bits per heavy atom. The number of fused-ring (bicyclic) bond motifs is 1. The molecule has 4 aromatic rings. The predicted molar refractivity (Wildman–Crippen MR) is 135 cm³/mol. The van der Waals surface area contributed by atoms with Crippen molar-refractivity contribution in [2.75, 3.05) is 18.9 Å². The summed E-state index contributed by atoms with van der Waals surface area (Å²) in [5.41, 5.74) is 14.8. The molecule has 0 amide bonds. The predicted octanol–water partition coefficient (Wildman–Crippen LogP) is 3.03. The standard InChI is InChI=1S/C21H25N9O2.C2HF3O2/c1-2-30-18-14(31-11-7-6-10-25-21(23)24)12-26-15(13-8-4-3-5-9-13)16(18)27-20(30)17-19(22)29-32-28-17;3-2(4,5)1(6)7/h3-5,8-9,12H,2,6-7,10-11H2,1H3,(H2,22,29)(H4,23,24,25);(H,6,7). The number of pyridine rings is 1. The number of imidazole rings is 1. The summed E-state index contributed by atoms with van der Waals surface area (Å²) >= 11 is 0. The Kier molecular flexibility index (Phi) is 9.24. The Labute approximate surface area is 219 Å². The Bertz CT molecular complexity index is 1420. The molecule has 4 rings (SSSR count). The molecule has 7 N–H and O–H groups in total. The van der Waals surface area contributed by atoms with Crippen LogP contribution in [0.5, 0.6) is 5.75 Å². The summed E-state index contributed by atoms with van der Waals surface area (Å²) in [4.78, 5) is 18.4. The summed E-state index contributed by atoms with van der Waals surface area (Å²) < 4.78 is 44.6. The van der Waals surface area contributed by atoms with Crippen LogP contribution in [0.2, 0.25) is 0 Å². The van der Waals surface area contributed by atoms with Crippen LogP contribution in [-0.2, 0) is 11.3 Å². The van der Waals surface area contributed by atoms with E-state index in [1.165, 1.54) is 0 Å². The smallest absolute Gasteiger partial charge is 0.490 e. The lowest BCUT2D eigenvalue weighted by atomic mass is 10.1. The number of aryl methyl sites for hydroxylation is 1. The van der Waals surface area contributed by atoms with E-state index in [2.05, 4.69) is 20.6 Å². The quantitative estimate of drug-likeness (QED) is 0.117. The van der Waals surface area contributed by atoms with Gasteiger partial charge < -0.3 is 31.2 Å². The highest BCUT2D eigenvalue weighted by molar-refractivity contribution is 5.95. The van der Waals surface area contributed by atoms with Crippen LogP contribution in [0.15, 0.2) is 41.2 Å². The Morgan fingerprint density at radius 3 is 2.46 bits per heavy atom. The molecule has 0 unspecified atom stereocenters. The maximum absolute atomic E-state index is 10.6. The number of aliphatic carboxylic acids is 1. The van der Waals surface area contributed by atoms with E-state index in [0.717, 1.165) is 29.6 Å². The third kappa shape index (κ3) is 7.12. The number of nitrogens with zero attached hydrogens (tertiary/aromatic N) is 5. The number of rotatable bonds is 9. The molecule has 0 aliphatic heterocycles. The summed E-state index contributed by atoms with van der Waals surface area (Å²) in [5.74, 6) is -1.46. The van der Waals surface area contributed by atoms with Crippen molar-refractivity contribution < 1.29 is 32.4 Å². The SMILES string of the molecule is CCn1c(-c2nonc2N)nc2c(-c3ccccc3)ncc(OCCCCNC(=N)N)c21.O=C(O)C(F)(F)F. The zero-order valence-electron chi connectivity index (χ0n) is 20.7. The minimum Gasteiger partial charge on any atom is -0.490 e. The number of halogens is 3. The van der Waals surface area contributed by atoms with Crippen LogP contribution in [-0.4, -0.2) is 61.2 Å². The molecule has 1 aromatic carbocycles. The van der Waals surface area contributed by atoms with Gasteiger partial charge in [-0.3, -0.25) is 5.41 Å². The van der Waals surface area contributed by atoms with Crippen LogP contribution in [0.25, 0.3) is 33.8 Å².